The largest absolute Gasteiger partial charge is 0.480 e. The van der Waals surface area contributed by atoms with Crippen molar-refractivity contribution in [1.29, 1.82) is 0 Å². The smallest absolute Gasteiger partial charge is 0.326 e. The Hall–Kier alpha value is -2.26. The molecule has 3 heterocycles. The van der Waals surface area contributed by atoms with Crippen molar-refractivity contribution in [3.63, 3.8) is 0 Å². The number of aliphatic hydroxyl groups is 1. The van der Waals surface area contributed by atoms with E-state index in [1.165, 1.54) is 15.3 Å². The number of likely N-dealkylation sites (tertiary alicyclic amines) is 1. The van der Waals surface area contributed by atoms with Crippen LogP contribution in [-0.4, -0.2) is 55.8 Å². The first kappa shape index (κ1) is 18.7. The van der Waals surface area contributed by atoms with Crippen LogP contribution in [0.4, 0.5) is 0 Å². The van der Waals surface area contributed by atoms with E-state index in [0.717, 1.165) is 54.8 Å². The minimum atomic E-state index is -1.08. The van der Waals surface area contributed by atoms with Crippen LogP contribution < -0.4 is 0 Å². The van der Waals surface area contributed by atoms with Crippen LogP contribution in [0.3, 0.4) is 0 Å². The van der Waals surface area contributed by atoms with E-state index < -0.39 is 18.1 Å². The molecule has 9 heteroatoms. The number of amides is 1. The van der Waals surface area contributed by atoms with Crippen molar-refractivity contribution >= 4 is 23.2 Å². The van der Waals surface area contributed by atoms with Crippen molar-refractivity contribution in [3.05, 3.63) is 21.1 Å². The quantitative estimate of drug-likeness (QED) is 0.765. The number of β-amino-alcohol motifs (C(OH)–C–C–N with tert-alkyl or cyclic N) is 1. The summed E-state index contributed by atoms with van der Waals surface area (Å²) in [5, 5.41) is 23.4. The maximum Gasteiger partial charge on any atom is 0.326 e. The standard InChI is InChI=1S/C20H23N3O5S/c24-11-7-13(20(26)27)23(9-11)16(25)8-15-17(12-3-1-2-4-14(12)29-15)19-21-18(22-28-19)10-5-6-10/h10-11,13,24H,1-9H2,(H,26,27)/t11-,13-/m1/s1. The summed E-state index contributed by atoms with van der Waals surface area (Å²) in [6.45, 7) is 0.0581. The molecule has 8 nitrogen and oxygen atoms in total. The Bertz CT molecular complexity index is 963. The molecule has 0 bridgehead atoms. The number of aliphatic hydroxyl groups excluding tert-OH is 1. The lowest BCUT2D eigenvalue weighted by Gasteiger charge is -2.21. The second kappa shape index (κ2) is 7.21. The lowest BCUT2D eigenvalue weighted by atomic mass is 9.94. The molecule has 3 aliphatic rings. The molecule has 0 spiro atoms. The van der Waals surface area contributed by atoms with Gasteiger partial charge >= 0.3 is 5.97 Å². The summed E-state index contributed by atoms with van der Waals surface area (Å²) < 4.78 is 5.59. The van der Waals surface area contributed by atoms with Crippen LogP contribution in [0.5, 0.6) is 0 Å². The minimum Gasteiger partial charge on any atom is -0.480 e. The van der Waals surface area contributed by atoms with Gasteiger partial charge in [0.2, 0.25) is 5.91 Å². The van der Waals surface area contributed by atoms with E-state index in [1.807, 2.05) is 0 Å². The second-order valence-corrected chi connectivity index (χ2v) is 9.40. The maximum absolute atomic E-state index is 13.0. The molecule has 0 radical (unpaired) electrons. The molecule has 2 atom stereocenters. The average Bonchev–Trinajstić information content (AvgIpc) is 3.12. The van der Waals surface area contributed by atoms with Gasteiger partial charge in [-0.3, -0.25) is 4.79 Å². The molecule has 1 aliphatic heterocycles. The fourth-order valence-electron chi connectivity index (χ4n) is 4.40. The number of thiophene rings is 1. The third-order valence-corrected chi connectivity index (χ3v) is 7.33. The van der Waals surface area contributed by atoms with Gasteiger partial charge in [0.25, 0.3) is 5.89 Å². The minimum absolute atomic E-state index is 0.0581. The summed E-state index contributed by atoms with van der Waals surface area (Å²) in [5.74, 6) is 0.240. The van der Waals surface area contributed by atoms with Gasteiger partial charge in [0.05, 0.1) is 18.1 Å². The first-order valence-corrected chi connectivity index (χ1v) is 11.0. The fourth-order valence-corrected chi connectivity index (χ4v) is 5.78. The number of carbonyl (C=O) groups excluding carboxylic acids is 1. The third-order valence-electron chi connectivity index (χ3n) is 6.04. The predicted molar refractivity (Wildman–Crippen MR) is 104 cm³/mol. The molecule has 1 amide bonds. The molecule has 1 saturated heterocycles. The lowest BCUT2D eigenvalue weighted by molar-refractivity contribution is -0.147. The number of hydrogen-bond acceptors (Lipinski definition) is 7. The summed E-state index contributed by atoms with van der Waals surface area (Å²) in [6, 6.07) is -0.972. The van der Waals surface area contributed by atoms with Gasteiger partial charge in [0, 0.05) is 28.6 Å². The summed E-state index contributed by atoms with van der Waals surface area (Å²) in [7, 11) is 0. The van der Waals surface area contributed by atoms with Crippen LogP contribution in [0.2, 0.25) is 0 Å². The number of hydrogen-bond donors (Lipinski definition) is 2. The number of aromatic nitrogens is 2. The number of carboxylic acid groups (broad SMARTS) is 1. The topological polar surface area (TPSA) is 117 Å². The molecule has 0 aromatic carbocycles. The first-order chi connectivity index (χ1) is 14.0. The van der Waals surface area contributed by atoms with E-state index in [9.17, 15) is 19.8 Å². The zero-order valence-electron chi connectivity index (χ0n) is 16.0. The Labute approximate surface area is 171 Å². The van der Waals surface area contributed by atoms with Gasteiger partial charge in [-0.05, 0) is 44.1 Å². The van der Waals surface area contributed by atoms with Crippen LogP contribution in [0.15, 0.2) is 4.52 Å². The van der Waals surface area contributed by atoms with E-state index in [0.29, 0.717) is 11.8 Å². The number of nitrogens with zero attached hydrogens (tertiary/aromatic N) is 3. The van der Waals surface area contributed by atoms with E-state index in [2.05, 4.69) is 10.1 Å². The van der Waals surface area contributed by atoms with Crippen LogP contribution >= 0.6 is 11.3 Å². The lowest BCUT2D eigenvalue weighted by Crippen LogP contribution is -2.41. The van der Waals surface area contributed by atoms with Crippen molar-refractivity contribution in [2.75, 3.05) is 6.54 Å². The van der Waals surface area contributed by atoms with Crippen LogP contribution in [0.25, 0.3) is 11.5 Å². The van der Waals surface area contributed by atoms with Crippen LogP contribution in [-0.2, 0) is 28.9 Å². The van der Waals surface area contributed by atoms with Crippen molar-refractivity contribution in [1.82, 2.24) is 15.0 Å². The Balaban J connectivity index is 1.47. The van der Waals surface area contributed by atoms with Crippen LogP contribution in [0.1, 0.15) is 59.2 Å². The van der Waals surface area contributed by atoms with Crippen molar-refractivity contribution in [3.8, 4) is 11.5 Å². The molecule has 0 unspecified atom stereocenters. The SMILES string of the molecule is O=C(O)[C@H]1C[C@@H](O)CN1C(=O)Cc1sc2c(c1-c1nc(C3CC3)no1)CCCC2. The molecule has 5 rings (SSSR count). The van der Waals surface area contributed by atoms with E-state index >= 15 is 0 Å². The summed E-state index contributed by atoms with van der Waals surface area (Å²) in [4.78, 5) is 32.5. The molecule has 154 valence electrons. The average molecular weight is 417 g/mol. The molecule has 2 aromatic heterocycles. The number of aliphatic carboxylic acids is 1. The summed E-state index contributed by atoms with van der Waals surface area (Å²) in [5.41, 5.74) is 2.08. The van der Waals surface area contributed by atoms with Crippen molar-refractivity contribution in [2.45, 2.75) is 69.4 Å². The molecule has 2 aromatic rings. The zero-order valence-corrected chi connectivity index (χ0v) is 16.8. The van der Waals surface area contributed by atoms with Crippen molar-refractivity contribution in [2.24, 2.45) is 0 Å². The molecular formula is C20H23N3O5S. The number of rotatable bonds is 5. The van der Waals surface area contributed by atoms with Crippen LogP contribution in [0, 0.1) is 0 Å². The normalized spacial score (nSPS) is 24.0. The molecule has 1 saturated carbocycles. The van der Waals surface area contributed by atoms with Gasteiger partial charge in [-0.2, -0.15) is 4.98 Å². The Kier molecular flexibility index (Phi) is 4.66. The zero-order chi connectivity index (χ0) is 20.1. The monoisotopic (exact) mass is 417 g/mol. The van der Waals surface area contributed by atoms with Crippen molar-refractivity contribution < 1.29 is 24.3 Å². The van der Waals surface area contributed by atoms with E-state index in [1.54, 1.807) is 11.3 Å². The van der Waals surface area contributed by atoms with E-state index in [4.69, 9.17) is 4.52 Å². The second-order valence-electron chi connectivity index (χ2n) is 8.21. The van der Waals surface area contributed by atoms with Gasteiger partial charge in [-0.1, -0.05) is 5.16 Å². The molecule has 29 heavy (non-hydrogen) atoms. The molecule has 2 fully saturated rings. The molecule has 2 N–H and O–H groups in total. The van der Waals surface area contributed by atoms with Gasteiger partial charge in [-0.25, -0.2) is 4.79 Å². The summed E-state index contributed by atoms with van der Waals surface area (Å²) >= 11 is 1.60. The molecular weight excluding hydrogens is 394 g/mol. The Morgan fingerprint density at radius 3 is 2.79 bits per heavy atom. The number of carbonyl (C=O) groups is 2. The maximum atomic E-state index is 13.0. The first-order valence-electron chi connectivity index (χ1n) is 10.2. The Morgan fingerprint density at radius 2 is 2.03 bits per heavy atom. The highest BCUT2D eigenvalue weighted by atomic mass is 32.1. The number of fused-ring (bicyclic) bond motifs is 1. The highest BCUT2D eigenvalue weighted by Crippen LogP contribution is 2.43. The number of carboxylic acids is 1. The van der Waals surface area contributed by atoms with Gasteiger partial charge in [0.15, 0.2) is 5.82 Å². The van der Waals surface area contributed by atoms with Gasteiger partial charge in [0.1, 0.15) is 6.04 Å². The predicted octanol–water partition coefficient (Wildman–Crippen LogP) is 2.14. The fraction of sp³-hybridized carbons (Fsp3) is 0.600. The third kappa shape index (κ3) is 3.46. The summed E-state index contributed by atoms with van der Waals surface area (Å²) in [6.07, 6.45) is 5.65. The van der Waals surface area contributed by atoms with Gasteiger partial charge in [-0.15, -0.1) is 11.3 Å². The Morgan fingerprint density at radius 1 is 1.24 bits per heavy atom. The highest BCUT2D eigenvalue weighted by Gasteiger charge is 2.39. The highest BCUT2D eigenvalue weighted by molar-refractivity contribution is 7.12. The molecule has 2 aliphatic carbocycles. The van der Waals surface area contributed by atoms with Gasteiger partial charge < -0.3 is 19.6 Å². The number of aryl methyl sites for hydroxylation is 1. The van der Waals surface area contributed by atoms with E-state index in [-0.39, 0.29) is 25.3 Å².